The van der Waals surface area contributed by atoms with Crippen molar-refractivity contribution in [3.05, 3.63) is 44.0 Å². The summed E-state index contributed by atoms with van der Waals surface area (Å²) in [5.74, 6) is 0. The SMILES string of the molecule is O=[N+]([O-])c1cc(C[C@@H]2OC(CO)[C@@H](O)[C@H](O)C2O)cc([N+](=O)[O-])c1. The monoisotopic (exact) mass is 344 g/mol. The molecule has 0 radical (unpaired) electrons. The predicted octanol–water partition coefficient (Wildman–Crippen LogP) is -1.11. The molecule has 0 saturated carbocycles. The van der Waals surface area contributed by atoms with E-state index in [-0.39, 0.29) is 12.0 Å². The summed E-state index contributed by atoms with van der Waals surface area (Å²) in [7, 11) is 0. The molecule has 0 aromatic heterocycles. The quantitative estimate of drug-likeness (QED) is 0.381. The van der Waals surface area contributed by atoms with Crippen molar-refractivity contribution in [2.75, 3.05) is 6.61 Å². The molecule has 1 heterocycles. The maximum absolute atomic E-state index is 10.9. The highest BCUT2D eigenvalue weighted by molar-refractivity contribution is 5.46. The number of non-ortho nitro benzene ring substituents is 2. The van der Waals surface area contributed by atoms with Gasteiger partial charge in [0.25, 0.3) is 11.4 Å². The Kier molecular flexibility index (Phi) is 5.41. The standard InChI is InChI=1S/C13H16N2O9/c16-5-10-12(18)13(19)11(17)9(24-10)3-6-1-7(14(20)21)4-8(2-6)15(22)23/h1-2,4,9-13,16-19H,3,5H2/t9-,10?,11?,12+,13+/m0/s1. The summed E-state index contributed by atoms with van der Waals surface area (Å²) in [4.78, 5) is 20.2. The number of nitro benzene ring substituents is 2. The lowest BCUT2D eigenvalue weighted by molar-refractivity contribution is -0.394. The first-order chi connectivity index (χ1) is 11.2. The zero-order chi connectivity index (χ0) is 18.0. The number of nitrogens with zero attached hydrogens (tertiary/aromatic N) is 2. The summed E-state index contributed by atoms with van der Waals surface area (Å²) in [5.41, 5.74) is -0.854. The molecule has 2 unspecified atom stereocenters. The normalized spacial score (nSPS) is 30.1. The second-order valence-electron chi connectivity index (χ2n) is 5.44. The molecule has 1 aromatic rings. The smallest absolute Gasteiger partial charge is 0.276 e. The van der Waals surface area contributed by atoms with Crippen molar-refractivity contribution >= 4 is 11.4 Å². The van der Waals surface area contributed by atoms with Crippen molar-refractivity contribution in [3.63, 3.8) is 0 Å². The Morgan fingerprint density at radius 1 is 0.917 bits per heavy atom. The Morgan fingerprint density at radius 2 is 1.42 bits per heavy atom. The first-order valence-corrected chi connectivity index (χ1v) is 6.98. The summed E-state index contributed by atoms with van der Waals surface area (Å²) < 4.78 is 5.29. The van der Waals surface area contributed by atoms with Crippen LogP contribution >= 0.6 is 0 Å². The first-order valence-electron chi connectivity index (χ1n) is 6.98. The molecule has 0 bridgehead atoms. The Balaban J connectivity index is 2.29. The zero-order valence-corrected chi connectivity index (χ0v) is 12.3. The van der Waals surface area contributed by atoms with E-state index in [1.54, 1.807) is 0 Å². The number of benzene rings is 1. The second kappa shape index (κ2) is 7.15. The third kappa shape index (κ3) is 3.66. The van der Waals surface area contributed by atoms with Crippen LogP contribution in [0.5, 0.6) is 0 Å². The van der Waals surface area contributed by atoms with Gasteiger partial charge in [0.2, 0.25) is 0 Å². The van der Waals surface area contributed by atoms with E-state index in [9.17, 15) is 35.5 Å². The summed E-state index contributed by atoms with van der Waals surface area (Å²) in [6, 6.07) is 2.99. The second-order valence-corrected chi connectivity index (χ2v) is 5.44. The van der Waals surface area contributed by atoms with E-state index in [2.05, 4.69) is 0 Å². The molecule has 24 heavy (non-hydrogen) atoms. The van der Waals surface area contributed by atoms with Crippen molar-refractivity contribution in [3.8, 4) is 0 Å². The highest BCUT2D eigenvalue weighted by atomic mass is 16.6. The lowest BCUT2D eigenvalue weighted by Crippen LogP contribution is -2.59. The van der Waals surface area contributed by atoms with Crippen molar-refractivity contribution < 1.29 is 35.0 Å². The molecule has 0 aliphatic carbocycles. The molecule has 1 aliphatic heterocycles. The van der Waals surface area contributed by atoms with Gasteiger partial charge in [0.1, 0.15) is 24.4 Å². The maximum atomic E-state index is 10.9. The van der Waals surface area contributed by atoms with Gasteiger partial charge in [-0.25, -0.2) is 0 Å². The van der Waals surface area contributed by atoms with Gasteiger partial charge < -0.3 is 25.2 Å². The predicted molar refractivity (Wildman–Crippen MR) is 77.2 cm³/mol. The molecule has 0 amide bonds. The van der Waals surface area contributed by atoms with E-state index in [1.165, 1.54) is 0 Å². The molecule has 1 saturated heterocycles. The Labute approximate surface area is 135 Å². The van der Waals surface area contributed by atoms with E-state index in [4.69, 9.17) is 9.84 Å². The average molecular weight is 344 g/mol. The fourth-order valence-corrected chi connectivity index (χ4v) is 2.56. The molecular weight excluding hydrogens is 328 g/mol. The maximum Gasteiger partial charge on any atom is 0.276 e. The van der Waals surface area contributed by atoms with Crippen LogP contribution in [0.2, 0.25) is 0 Å². The molecule has 11 nitrogen and oxygen atoms in total. The van der Waals surface area contributed by atoms with E-state index >= 15 is 0 Å². The molecule has 4 N–H and O–H groups in total. The van der Waals surface area contributed by atoms with Gasteiger partial charge in [-0.1, -0.05) is 0 Å². The molecule has 1 aliphatic rings. The highest BCUT2D eigenvalue weighted by Gasteiger charge is 2.43. The third-order valence-electron chi connectivity index (χ3n) is 3.81. The van der Waals surface area contributed by atoms with Crippen LogP contribution in [0.1, 0.15) is 5.56 Å². The lowest BCUT2D eigenvalue weighted by atomic mass is 9.91. The molecule has 2 rings (SSSR count). The minimum Gasteiger partial charge on any atom is -0.394 e. The Bertz CT molecular complexity index is 604. The molecule has 11 heteroatoms. The van der Waals surface area contributed by atoms with Crippen molar-refractivity contribution in [2.45, 2.75) is 36.9 Å². The van der Waals surface area contributed by atoms with E-state index in [0.717, 1.165) is 18.2 Å². The van der Waals surface area contributed by atoms with Crippen LogP contribution in [0.25, 0.3) is 0 Å². The van der Waals surface area contributed by atoms with Crippen molar-refractivity contribution in [1.29, 1.82) is 0 Å². The summed E-state index contributed by atoms with van der Waals surface area (Å²) in [5, 5.41) is 60.3. The average Bonchev–Trinajstić information content (AvgIpc) is 2.55. The fourth-order valence-electron chi connectivity index (χ4n) is 2.56. The third-order valence-corrected chi connectivity index (χ3v) is 3.81. The number of hydrogen-bond acceptors (Lipinski definition) is 9. The zero-order valence-electron chi connectivity index (χ0n) is 12.3. The topological polar surface area (TPSA) is 176 Å². The van der Waals surface area contributed by atoms with Gasteiger partial charge in [0.05, 0.1) is 28.6 Å². The van der Waals surface area contributed by atoms with E-state index in [1.807, 2.05) is 0 Å². The molecule has 132 valence electrons. The van der Waals surface area contributed by atoms with Crippen LogP contribution in [-0.4, -0.2) is 67.4 Å². The fraction of sp³-hybridized carbons (Fsp3) is 0.538. The Hall–Kier alpha value is -2.18. The highest BCUT2D eigenvalue weighted by Crippen LogP contribution is 2.27. The van der Waals surface area contributed by atoms with E-state index < -0.39 is 58.3 Å². The minimum absolute atomic E-state index is 0.139. The molecule has 5 atom stereocenters. The number of rotatable bonds is 5. The molecule has 1 fully saturated rings. The van der Waals surface area contributed by atoms with Crippen LogP contribution in [-0.2, 0) is 11.2 Å². The molecule has 0 spiro atoms. The van der Waals surface area contributed by atoms with Gasteiger partial charge in [0.15, 0.2) is 0 Å². The number of aliphatic hydroxyl groups excluding tert-OH is 4. The number of aliphatic hydroxyl groups is 4. The summed E-state index contributed by atoms with van der Waals surface area (Å²) in [6.45, 7) is -0.615. The van der Waals surface area contributed by atoms with Crippen LogP contribution in [0.4, 0.5) is 11.4 Å². The van der Waals surface area contributed by atoms with Crippen LogP contribution in [0, 0.1) is 20.2 Å². The molecular formula is C13H16N2O9. The van der Waals surface area contributed by atoms with Crippen molar-refractivity contribution in [2.24, 2.45) is 0 Å². The van der Waals surface area contributed by atoms with Crippen LogP contribution in [0.15, 0.2) is 18.2 Å². The van der Waals surface area contributed by atoms with Gasteiger partial charge in [-0.15, -0.1) is 0 Å². The van der Waals surface area contributed by atoms with Crippen LogP contribution in [0.3, 0.4) is 0 Å². The Morgan fingerprint density at radius 3 is 1.88 bits per heavy atom. The molecule has 1 aromatic carbocycles. The van der Waals surface area contributed by atoms with Gasteiger partial charge >= 0.3 is 0 Å². The van der Waals surface area contributed by atoms with Gasteiger partial charge in [0, 0.05) is 18.6 Å². The first kappa shape index (κ1) is 18.2. The minimum atomic E-state index is -1.59. The largest absolute Gasteiger partial charge is 0.394 e. The lowest BCUT2D eigenvalue weighted by Gasteiger charge is -2.40. The van der Waals surface area contributed by atoms with Crippen LogP contribution < -0.4 is 0 Å². The number of ether oxygens (including phenoxy) is 1. The van der Waals surface area contributed by atoms with Gasteiger partial charge in [-0.2, -0.15) is 0 Å². The van der Waals surface area contributed by atoms with Gasteiger partial charge in [-0.05, 0) is 5.56 Å². The summed E-state index contributed by atoms with van der Waals surface area (Å²) >= 11 is 0. The van der Waals surface area contributed by atoms with Gasteiger partial charge in [-0.3, -0.25) is 20.2 Å². The number of nitro groups is 2. The van der Waals surface area contributed by atoms with E-state index in [0.29, 0.717) is 0 Å². The summed E-state index contributed by atoms with van der Waals surface area (Å²) in [6.07, 6.45) is -7.06. The number of hydrogen-bond donors (Lipinski definition) is 4. The van der Waals surface area contributed by atoms with Crippen molar-refractivity contribution in [1.82, 2.24) is 0 Å².